The highest BCUT2D eigenvalue weighted by molar-refractivity contribution is 5.87. The number of nitrogens with one attached hydrogen (secondary N) is 3. The van der Waals surface area contributed by atoms with Crippen molar-refractivity contribution in [2.45, 2.75) is 31.6 Å². The van der Waals surface area contributed by atoms with E-state index in [-0.39, 0.29) is 5.92 Å². The van der Waals surface area contributed by atoms with Gasteiger partial charge in [0.05, 0.1) is 11.6 Å². The van der Waals surface area contributed by atoms with Crippen molar-refractivity contribution in [3.63, 3.8) is 0 Å². The SMILES string of the molecule is CN=CC(C=N)c1nc(Nc2cc(C)ccn2)cc(C2CCCNC2)n1. The minimum Gasteiger partial charge on any atom is -0.325 e. The van der Waals surface area contributed by atoms with E-state index in [9.17, 15) is 0 Å². The number of hydrogen-bond donors (Lipinski definition) is 3. The van der Waals surface area contributed by atoms with Gasteiger partial charge in [-0.15, -0.1) is 0 Å². The van der Waals surface area contributed by atoms with Crippen molar-refractivity contribution in [2.24, 2.45) is 4.99 Å². The van der Waals surface area contributed by atoms with Gasteiger partial charge < -0.3 is 16.0 Å². The van der Waals surface area contributed by atoms with Gasteiger partial charge in [0.1, 0.15) is 17.5 Å². The molecule has 2 aromatic rings. The third-order valence-electron chi connectivity index (χ3n) is 4.44. The summed E-state index contributed by atoms with van der Waals surface area (Å²) in [5.41, 5.74) is 2.12. The van der Waals surface area contributed by atoms with E-state index < -0.39 is 0 Å². The van der Waals surface area contributed by atoms with E-state index in [1.165, 1.54) is 6.21 Å². The summed E-state index contributed by atoms with van der Waals surface area (Å²) in [6.45, 7) is 3.99. The molecule has 1 fully saturated rings. The molecular formula is C19H25N7. The summed E-state index contributed by atoms with van der Waals surface area (Å²) in [6, 6.07) is 5.93. The number of anilines is 2. The van der Waals surface area contributed by atoms with E-state index in [0.717, 1.165) is 43.0 Å². The molecule has 1 saturated heterocycles. The molecule has 7 nitrogen and oxygen atoms in total. The quantitative estimate of drug-likeness (QED) is 0.695. The number of aryl methyl sites for hydroxylation is 1. The van der Waals surface area contributed by atoms with Crippen molar-refractivity contribution < 1.29 is 0 Å². The van der Waals surface area contributed by atoms with Crippen LogP contribution in [0.25, 0.3) is 0 Å². The zero-order chi connectivity index (χ0) is 18.4. The van der Waals surface area contributed by atoms with E-state index >= 15 is 0 Å². The molecule has 136 valence electrons. The molecule has 0 aliphatic carbocycles. The van der Waals surface area contributed by atoms with Gasteiger partial charge in [-0.2, -0.15) is 0 Å². The molecule has 0 radical (unpaired) electrons. The Balaban J connectivity index is 1.97. The molecule has 1 aliphatic rings. The van der Waals surface area contributed by atoms with Crippen molar-refractivity contribution >= 4 is 24.1 Å². The smallest absolute Gasteiger partial charge is 0.144 e. The zero-order valence-electron chi connectivity index (χ0n) is 15.2. The lowest BCUT2D eigenvalue weighted by molar-refractivity contribution is 0.453. The molecule has 26 heavy (non-hydrogen) atoms. The van der Waals surface area contributed by atoms with Gasteiger partial charge in [-0.05, 0) is 44.0 Å². The number of hydrogen-bond acceptors (Lipinski definition) is 7. The van der Waals surface area contributed by atoms with Crippen molar-refractivity contribution in [2.75, 3.05) is 25.5 Å². The predicted octanol–water partition coefficient (Wildman–Crippen LogP) is 2.82. The molecule has 1 aliphatic heterocycles. The first-order valence-electron chi connectivity index (χ1n) is 8.91. The molecule has 7 heteroatoms. The third-order valence-corrected chi connectivity index (χ3v) is 4.44. The average Bonchev–Trinajstić information content (AvgIpc) is 2.66. The number of nitrogens with zero attached hydrogens (tertiary/aromatic N) is 4. The molecule has 0 amide bonds. The minimum absolute atomic E-state index is 0.331. The first-order valence-corrected chi connectivity index (χ1v) is 8.91. The van der Waals surface area contributed by atoms with Gasteiger partial charge in [0.25, 0.3) is 0 Å². The Hall–Kier alpha value is -2.67. The van der Waals surface area contributed by atoms with Gasteiger partial charge in [-0.3, -0.25) is 4.99 Å². The summed E-state index contributed by atoms with van der Waals surface area (Å²) < 4.78 is 0. The summed E-state index contributed by atoms with van der Waals surface area (Å²) in [6.07, 6.45) is 7.02. The van der Waals surface area contributed by atoms with Gasteiger partial charge in [0, 0.05) is 44.2 Å². The zero-order valence-corrected chi connectivity index (χ0v) is 15.2. The lowest BCUT2D eigenvalue weighted by Crippen LogP contribution is -2.29. The van der Waals surface area contributed by atoms with Gasteiger partial charge >= 0.3 is 0 Å². The van der Waals surface area contributed by atoms with Crippen LogP contribution in [0.1, 0.15) is 41.8 Å². The summed E-state index contributed by atoms with van der Waals surface area (Å²) in [5.74, 6) is 2.05. The molecule has 0 aromatic carbocycles. The van der Waals surface area contributed by atoms with Crippen LogP contribution in [0.3, 0.4) is 0 Å². The largest absolute Gasteiger partial charge is 0.325 e. The highest BCUT2D eigenvalue weighted by Gasteiger charge is 2.20. The second kappa shape index (κ2) is 8.62. The second-order valence-corrected chi connectivity index (χ2v) is 6.52. The lowest BCUT2D eigenvalue weighted by atomic mass is 9.95. The molecule has 3 rings (SSSR count). The van der Waals surface area contributed by atoms with Crippen molar-refractivity contribution in [3.05, 3.63) is 41.5 Å². The fourth-order valence-corrected chi connectivity index (χ4v) is 3.09. The van der Waals surface area contributed by atoms with Gasteiger partial charge in [0.2, 0.25) is 0 Å². The van der Waals surface area contributed by atoms with Gasteiger partial charge in [0.15, 0.2) is 0 Å². The molecular weight excluding hydrogens is 326 g/mol. The van der Waals surface area contributed by atoms with Crippen molar-refractivity contribution in [1.29, 1.82) is 5.41 Å². The summed E-state index contributed by atoms with van der Waals surface area (Å²) in [7, 11) is 1.70. The number of rotatable bonds is 6. The second-order valence-electron chi connectivity index (χ2n) is 6.52. The van der Waals surface area contributed by atoms with Crippen LogP contribution in [0, 0.1) is 12.3 Å². The van der Waals surface area contributed by atoms with E-state index in [4.69, 9.17) is 10.4 Å². The van der Waals surface area contributed by atoms with Crippen LogP contribution in [0.4, 0.5) is 11.6 Å². The van der Waals surface area contributed by atoms with Gasteiger partial charge in [-0.1, -0.05) is 0 Å². The first-order chi connectivity index (χ1) is 12.7. The Morgan fingerprint density at radius 1 is 1.35 bits per heavy atom. The Bertz CT molecular complexity index is 781. The Kier molecular flexibility index (Phi) is 6.01. The molecule has 2 unspecified atom stereocenters. The van der Waals surface area contributed by atoms with Crippen LogP contribution in [0.5, 0.6) is 0 Å². The molecule has 0 spiro atoms. The fourth-order valence-electron chi connectivity index (χ4n) is 3.09. The summed E-state index contributed by atoms with van der Waals surface area (Å²) in [5, 5.41) is 14.4. The van der Waals surface area contributed by atoms with E-state index in [1.807, 2.05) is 25.1 Å². The van der Waals surface area contributed by atoms with Crippen LogP contribution in [0.2, 0.25) is 0 Å². The maximum atomic E-state index is 7.69. The maximum absolute atomic E-state index is 7.69. The van der Waals surface area contributed by atoms with E-state index in [2.05, 4.69) is 25.6 Å². The maximum Gasteiger partial charge on any atom is 0.144 e. The lowest BCUT2D eigenvalue weighted by Gasteiger charge is -2.23. The van der Waals surface area contributed by atoms with Gasteiger partial charge in [-0.25, -0.2) is 15.0 Å². The standard InChI is InChI=1S/C19H25N7/c1-13-5-7-23-17(8-13)25-18-9-16(14-4-3-6-22-12-14)24-19(26-18)15(10-20)11-21-2/h5,7-11,14-15,20,22H,3-4,6,12H2,1-2H3,(H,23,24,25,26). The summed E-state index contributed by atoms with van der Waals surface area (Å²) in [4.78, 5) is 17.8. The summed E-state index contributed by atoms with van der Waals surface area (Å²) >= 11 is 0. The molecule has 2 atom stereocenters. The predicted molar refractivity (Wildman–Crippen MR) is 105 cm³/mol. The van der Waals surface area contributed by atoms with Crippen LogP contribution < -0.4 is 10.6 Å². The molecule has 0 saturated carbocycles. The van der Waals surface area contributed by atoms with Crippen molar-refractivity contribution in [3.8, 4) is 0 Å². The Morgan fingerprint density at radius 3 is 2.92 bits per heavy atom. The Morgan fingerprint density at radius 2 is 2.23 bits per heavy atom. The minimum atomic E-state index is -0.331. The molecule has 3 heterocycles. The normalized spacial score (nSPS) is 18.6. The van der Waals surface area contributed by atoms with E-state index in [1.54, 1.807) is 19.5 Å². The Labute approximate surface area is 153 Å². The van der Waals surface area contributed by atoms with Crippen LogP contribution >= 0.6 is 0 Å². The third kappa shape index (κ3) is 4.49. The monoisotopic (exact) mass is 351 g/mol. The van der Waals surface area contributed by atoms with Crippen LogP contribution in [0.15, 0.2) is 29.4 Å². The highest BCUT2D eigenvalue weighted by Crippen LogP contribution is 2.25. The highest BCUT2D eigenvalue weighted by atomic mass is 15.1. The van der Waals surface area contributed by atoms with Crippen LogP contribution in [-0.4, -0.2) is 47.5 Å². The number of aliphatic imine (C=N–C) groups is 1. The molecule has 0 bridgehead atoms. The molecule has 3 N–H and O–H groups in total. The van der Waals surface area contributed by atoms with Crippen LogP contribution in [-0.2, 0) is 0 Å². The van der Waals surface area contributed by atoms with Crippen molar-refractivity contribution in [1.82, 2.24) is 20.3 Å². The number of piperidine rings is 1. The number of pyridine rings is 1. The fraction of sp³-hybridized carbons (Fsp3) is 0.421. The van der Waals surface area contributed by atoms with E-state index in [0.29, 0.717) is 17.6 Å². The topological polar surface area (TPSA) is 98.9 Å². The average molecular weight is 351 g/mol. The first kappa shape index (κ1) is 18.1. The molecule has 2 aromatic heterocycles. The number of aromatic nitrogens is 3.